The van der Waals surface area contributed by atoms with Crippen molar-refractivity contribution in [2.45, 2.75) is 65.3 Å². The zero-order chi connectivity index (χ0) is 27.4. The molecule has 0 unspecified atom stereocenters. The van der Waals surface area contributed by atoms with Crippen molar-refractivity contribution in [2.75, 3.05) is 26.8 Å². The molecule has 3 heterocycles. The number of carbonyl (C=O) groups excluding carboxylic acids is 3. The second-order valence-corrected chi connectivity index (χ2v) is 10.9. The minimum Gasteiger partial charge on any atom is -0.466 e. The van der Waals surface area contributed by atoms with E-state index in [1.807, 2.05) is 17.2 Å². The average molecular weight is 540 g/mol. The average Bonchev–Trinajstić information content (AvgIpc) is 3.33. The van der Waals surface area contributed by atoms with Crippen LogP contribution in [-0.4, -0.2) is 59.6 Å². The van der Waals surface area contributed by atoms with Crippen molar-refractivity contribution in [3.63, 3.8) is 0 Å². The number of methoxy groups -OCH3 is 1. The fraction of sp³-hybridized carbons (Fsp3) is 0.517. The molecule has 0 radical (unpaired) electrons. The summed E-state index contributed by atoms with van der Waals surface area (Å²) < 4.78 is 10.4. The monoisotopic (exact) mass is 539 g/mol. The van der Waals surface area contributed by atoms with Gasteiger partial charge in [0.05, 0.1) is 43.4 Å². The number of hydrogen-bond acceptors (Lipinski definition) is 8. The highest BCUT2D eigenvalue weighted by atomic mass is 32.2. The molecule has 0 spiro atoms. The normalized spacial score (nSPS) is 21.2. The summed E-state index contributed by atoms with van der Waals surface area (Å²) in [6.45, 7) is 9.37. The number of esters is 2. The van der Waals surface area contributed by atoms with Crippen LogP contribution in [-0.2, 0) is 23.9 Å². The van der Waals surface area contributed by atoms with E-state index in [-0.39, 0.29) is 24.2 Å². The molecule has 1 aromatic carbocycles. The van der Waals surface area contributed by atoms with Gasteiger partial charge in [-0.25, -0.2) is 9.79 Å². The summed E-state index contributed by atoms with van der Waals surface area (Å²) in [7, 11) is 1.39. The van der Waals surface area contributed by atoms with E-state index >= 15 is 0 Å². The summed E-state index contributed by atoms with van der Waals surface area (Å²) >= 11 is 1.46. The van der Waals surface area contributed by atoms with Crippen molar-refractivity contribution in [1.82, 2.24) is 9.80 Å². The van der Waals surface area contributed by atoms with Crippen LogP contribution in [0.15, 0.2) is 51.6 Å². The predicted octanol–water partition coefficient (Wildman–Crippen LogP) is 5.14. The van der Waals surface area contributed by atoms with Gasteiger partial charge in [-0.2, -0.15) is 0 Å². The largest absolute Gasteiger partial charge is 0.466 e. The smallest absolute Gasteiger partial charge is 0.338 e. The Morgan fingerprint density at radius 1 is 1.16 bits per heavy atom. The molecular weight excluding hydrogens is 502 g/mol. The third kappa shape index (κ3) is 5.67. The Balaban J connectivity index is 1.63. The van der Waals surface area contributed by atoms with Gasteiger partial charge in [0.25, 0.3) is 0 Å². The summed E-state index contributed by atoms with van der Waals surface area (Å²) in [4.78, 5) is 47.4. The highest BCUT2D eigenvalue weighted by molar-refractivity contribution is 8.16. The SMILES string of the molecule is CCOC(=O)[C@@H]1CCCN(C(=O)CC2=CSC3=NC(CC)=C(C(=O)OC)[C@@H](c4ccc(C(C)C)cc4)N23)C1. The van der Waals surface area contributed by atoms with Gasteiger partial charge in [-0.15, -0.1) is 0 Å². The number of amides is 1. The zero-order valence-electron chi connectivity index (χ0n) is 22.9. The number of fused-ring (bicyclic) bond motifs is 1. The number of ether oxygens (including phenoxy) is 2. The van der Waals surface area contributed by atoms with Crippen molar-refractivity contribution in [3.8, 4) is 0 Å². The highest BCUT2D eigenvalue weighted by Gasteiger charge is 2.42. The van der Waals surface area contributed by atoms with Crippen LogP contribution in [0.25, 0.3) is 0 Å². The molecule has 3 aliphatic rings. The number of hydrogen-bond donors (Lipinski definition) is 0. The Hall–Kier alpha value is -3.07. The lowest BCUT2D eigenvalue weighted by molar-refractivity contribution is -0.151. The van der Waals surface area contributed by atoms with E-state index in [1.165, 1.54) is 24.4 Å². The summed E-state index contributed by atoms with van der Waals surface area (Å²) in [5.74, 6) is -0.618. The Labute approximate surface area is 229 Å². The number of piperidine rings is 1. The Morgan fingerprint density at radius 3 is 2.53 bits per heavy atom. The molecule has 3 aliphatic heterocycles. The molecule has 0 aliphatic carbocycles. The van der Waals surface area contributed by atoms with E-state index in [0.717, 1.165) is 29.3 Å². The molecular formula is C29H37N3O5S. The van der Waals surface area contributed by atoms with Crippen LogP contribution in [0.3, 0.4) is 0 Å². The van der Waals surface area contributed by atoms with E-state index in [2.05, 4.69) is 38.1 Å². The molecule has 9 heteroatoms. The number of thioether (sulfide) groups is 1. The van der Waals surface area contributed by atoms with Crippen LogP contribution in [0, 0.1) is 5.92 Å². The van der Waals surface area contributed by atoms with Crippen LogP contribution in [0.1, 0.15) is 76.5 Å². The van der Waals surface area contributed by atoms with Gasteiger partial charge in [0.15, 0.2) is 5.17 Å². The highest BCUT2D eigenvalue weighted by Crippen LogP contribution is 2.45. The molecule has 38 heavy (non-hydrogen) atoms. The Kier molecular flexibility index (Phi) is 8.97. The molecule has 1 amide bonds. The van der Waals surface area contributed by atoms with Gasteiger partial charge in [-0.1, -0.05) is 56.8 Å². The summed E-state index contributed by atoms with van der Waals surface area (Å²) in [6.07, 6.45) is 2.23. The quantitative estimate of drug-likeness (QED) is 0.423. The van der Waals surface area contributed by atoms with Gasteiger partial charge in [0.2, 0.25) is 5.91 Å². The maximum absolute atomic E-state index is 13.5. The molecule has 1 aromatic rings. The minimum atomic E-state index is -0.450. The Morgan fingerprint density at radius 2 is 1.89 bits per heavy atom. The lowest BCUT2D eigenvalue weighted by atomic mass is 9.91. The maximum Gasteiger partial charge on any atom is 0.338 e. The molecule has 2 atom stereocenters. The third-order valence-electron chi connectivity index (χ3n) is 7.27. The van der Waals surface area contributed by atoms with Gasteiger partial charge >= 0.3 is 11.9 Å². The van der Waals surface area contributed by atoms with Gasteiger partial charge in [0, 0.05) is 18.8 Å². The molecule has 4 rings (SSSR count). The molecule has 8 nitrogen and oxygen atoms in total. The first-order chi connectivity index (χ1) is 18.3. The van der Waals surface area contributed by atoms with E-state index in [1.54, 1.807) is 11.8 Å². The van der Waals surface area contributed by atoms with Crippen LogP contribution in [0.2, 0.25) is 0 Å². The third-order valence-corrected chi connectivity index (χ3v) is 8.16. The first kappa shape index (κ1) is 28.0. The first-order valence-electron chi connectivity index (χ1n) is 13.4. The molecule has 1 fully saturated rings. The van der Waals surface area contributed by atoms with Crippen molar-refractivity contribution >= 4 is 34.8 Å². The number of aliphatic imine (C=N–C) groups is 1. The van der Waals surface area contributed by atoms with Crippen molar-refractivity contribution in [3.05, 3.63) is 57.8 Å². The molecule has 0 saturated carbocycles. The minimum absolute atomic E-state index is 0.0501. The van der Waals surface area contributed by atoms with E-state index in [0.29, 0.717) is 43.3 Å². The number of carbonyl (C=O) groups is 3. The van der Waals surface area contributed by atoms with Crippen LogP contribution in [0.5, 0.6) is 0 Å². The van der Waals surface area contributed by atoms with E-state index in [4.69, 9.17) is 14.5 Å². The lowest BCUT2D eigenvalue weighted by Crippen LogP contribution is -2.44. The summed E-state index contributed by atoms with van der Waals surface area (Å²) in [6, 6.07) is 7.83. The fourth-order valence-corrected chi connectivity index (χ4v) is 6.15. The van der Waals surface area contributed by atoms with Gasteiger partial charge < -0.3 is 19.3 Å². The number of likely N-dealkylation sites (tertiary alicyclic amines) is 1. The topological polar surface area (TPSA) is 88.5 Å². The summed E-state index contributed by atoms with van der Waals surface area (Å²) in [5, 5.41) is 2.70. The van der Waals surface area contributed by atoms with Crippen LogP contribution in [0.4, 0.5) is 0 Å². The number of amidine groups is 1. The lowest BCUT2D eigenvalue weighted by Gasteiger charge is -2.37. The second kappa shape index (κ2) is 12.2. The molecule has 0 aromatic heterocycles. The summed E-state index contributed by atoms with van der Waals surface area (Å²) in [5.41, 5.74) is 4.13. The predicted molar refractivity (Wildman–Crippen MR) is 148 cm³/mol. The standard InChI is InChI=1S/C29H37N3O5S/c1-6-23-25(28(35)36-5)26(20-12-10-19(11-13-20)18(3)4)32-22(17-38-29(32)30-23)15-24(33)31-14-8-9-21(16-31)27(34)37-7-2/h10-13,17-18,21,26H,6-9,14-16H2,1-5H3/t21-,26-/m1/s1. The fourth-order valence-electron chi connectivity index (χ4n) is 5.21. The maximum atomic E-state index is 13.5. The molecule has 0 bridgehead atoms. The van der Waals surface area contributed by atoms with Gasteiger partial charge in [0.1, 0.15) is 0 Å². The number of rotatable bonds is 8. The van der Waals surface area contributed by atoms with E-state index in [9.17, 15) is 14.4 Å². The zero-order valence-corrected chi connectivity index (χ0v) is 23.7. The number of nitrogens with zero attached hydrogens (tertiary/aromatic N) is 3. The van der Waals surface area contributed by atoms with Crippen molar-refractivity contribution in [1.29, 1.82) is 0 Å². The van der Waals surface area contributed by atoms with Gasteiger partial charge in [-0.3, -0.25) is 9.59 Å². The van der Waals surface area contributed by atoms with Gasteiger partial charge in [-0.05, 0) is 48.6 Å². The van der Waals surface area contributed by atoms with E-state index < -0.39 is 12.0 Å². The number of benzene rings is 1. The van der Waals surface area contributed by atoms with Crippen molar-refractivity contribution < 1.29 is 23.9 Å². The van der Waals surface area contributed by atoms with Crippen molar-refractivity contribution in [2.24, 2.45) is 10.9 Å². The van der Waals surface area contributed by atoms with Crippen LogP contribution < -0.4 is 0 Å². The first-order valence-corrected chi connectivity index (χ1v) is 14.3. The molecule has 1 saturated heterocycles. The molecule has 0 N–H and O–H groups in total. The van der Waals surface area contributed by atoms with Crippen LogP contribution >= 0.6 is 11.8 Å². The number of allylic oxidation sites excluding steroid dienone is 1. The molecule has 204 valence electrons. The Bertz CT molecular complexity index is 1170. The second-order valence-electron chi connectivity index (χ2n) is 10.0.